The first-order chi connectivity index (χ1) is 11.7. The predicted octanol–water partition coefficient (Wildman–Crippen LogP) is 2.61. The van der Waals surface area contributed by atoms with Crippen LogP contribution < -0.4 is 11.1 Å². The van der Waals surface area contributed by atoms with Crippen molar-refractivity contribution >= 4 is 5.91 Å². The molecule has 0 saturated heterocycles. The second-order valence-corrected chi connectivity index (χ2v) is 6.80. The summed E-state index contributed by atoms with van der Waals surface area (Å²) >= 11 is 0. The summed E-state index contributed by atoms with van der Waals surface area (Å²) in [5, 5.41) is 6.86. The molecule has 0 saturated carbocycles. The quantitative estimate of drug-likeness (QED) is 0.802. The summed E-state index contributed by atoms with van der Waals surface area (Å²) < 4.78 is 18.5. The zero-order valence-electron chi connectivity index (χ0n) is 15.1. The maximum atomic E-state index is 13.3. The number of amides is 1. The Morgan fingerprint density at radius 2 is 2.16 bits per heavy atom. The van der Waals surface area contributed by atoms with E-state index >= 15 is 0 Å². The van der Waals surface area contributed by atoms with Gasteiger partial charge >= 0.3 is 0 Å². The monoisotopic (exact) mass is 348 g/mol. The van der Waals surface area contributed by atoms with Gasteiger partial charge in [0, 0.05) is 24.9 Å². The maximum Gasteiger partial charge on any atom is 0.227 e. The van der Waals surface area contributed by atoms with Crippen LogP contribution in [0.2, 0.25) is 0 Å². The lowest BCUT2D eigenvalue weighted by Gasteiger charge is -2.33. The minimum atomic E-state index is -0.442. The Morgan fingerprint density at radius 3 is 2.76 bits per heavy atom. The average molecular weight is 348 g/mol. The number of rotatable bonds is 7. The van der Waals surface area contributed by atoms with Crippen LogP contribution in [0.5, 0.6) is 0 Å². The van der Waals surface area contributed by atoms with Crippen LogP contribution in [-0.2, 0) is 11.2 Å². The van der Waals surface area contributed by atoms with E-state index in [9.17, 15) is 9.18 Å². The molecule has 6 nitrogen and oxygen atoms in total. The second kappa shape index (κ2) is 7.74. The number of aromatic nitrogens is 2. The van der Waals surface area contributed by atoms with E-state index in [-0.39, 0.29) is 24.1 Å². The number of halogens is 1. The van der Waals surface area contributed by atoms with Crippen LogP contribution in [0.1, 0.15) is 38.6 Å². The minimum absolute atomic E-state index is 0.112. The lowest BCUT2D eigenvalue weighted by atomic mass is 9.88. The molecular formula is C18H25FN4O2. The predicted molar refractivity (Wildman–Crippen MR) is 93.2 cm³/mol. The van der Waals surface area contributed by atoms with Crippen molar-refractivity contribution in [1.29, 1.82) is 0 Å². The first kappa shape index (κ1) is 19.1. The Hall–Kier alpha value is -2.28. The Morgan fingerprint density at radius 1 is 1.44 bits per heavy atom. The molecule has 136 valence electrons. The van der Waals surface area contributed by atoms with Gasteiger partial charge in [-0.15, -0.1) is 0 Å². The van der Waals surface area contributed by atoms with Gasteiger partial charge in [0.2, 0.25) is 17.6 Å². The van der Waals surface area contributed by atoms with Crippen LogP contribution >= 0.6 is 0 Å². The SMILES string of the molecule is Cc1cc(-c2noc(CCC(=O)NC(C)(CN)C(C)C)n2)ccc1F. The molecule has 2 aromatic rings. The van der Waals surface area contributed by atoms with Gasteiger partial charge in [-0.25, -0.2) is 4.39 Å². The maximum absolute atomic E-state index is 13.3. The van der Waals surface area contributed by atoms with Crippen molar-refractivity contribution < 1.29 is 13.7 Å². The molecule has 0 bridgehead atoms. The molecule has 0 aliphatic heterocycles. The molecule has 1 aromatic carbocycles. The summed E-state index contributed by atoms with van der Waals surface area (Å²) in [6.45, 7) is 8.00. The molecule has 0 spiro atoms. The summed E-state index contributed by atoms with van der Waals surface area (Å²) in [6.07, 6.45) is 0.560. The van der Waals surface area contributed by atoms with Crippen molar-refractivity contribution in [2.75, 3.05) is 6.54 Å². The summed E-state index contributed by atoms with van der Waals surface area (Å²) in [4.78, 5) is 16.4. The van der Waals surface area contributed by atoms with Gasteiger partial charge in [-0.2, -0.15) is 4.98 Å². The summed E-state index contributed by atoms with van der Waals surface area (Å²) in [7, 11) is 0. The number of nitrogens with zero attached hydrogens (tertiary/aromatic N) is 2. The third kappa shape index (κ3) is 4.63. The number of carbonyl (C=O) groups is 1. The molecule has 1 unspecified atom stereocenters. The fourth-order valence-electron chi connectivity index (χ4n) is 2.29. The van der Waals surface area contributed by atoms with Gasteiger partial charge in [0.1, 0.15) is 5.82 Å². The van der Waals surface area contributed by atoms with Crippen molar-refractivity contribution in [3.05, 3.63) is 35.5 Å². The Bertz CT molecular complexity index is 744. The van der Waals surface area contributed by atoms with Gasteiger partial charge in [-0.1, -0.05) is 19.0 Å². The van der Waals surface area contributed by atoms with Gasteiger partial charge in [-0.05, 0) is 43.5 Å². The Kier molecular flexibility index (Phi) is 5.89. The Labute approximate surface area is 147 Å². The van der Waals surface area contributed by atoms with Crippen LogP contribution in [0.25, 0.3) is 11.4 Å². The number of hydrogen-bond donors (Lipinski definition) is 2. The van der Waals surface area contributed by atoms with E-state index in [0.717, 1.165) is 0 Å². The van der Waals surface area contributed by atoms with Crippen molar-refractivity contribution in [2.24, 2.45) is 11.7 Å². The lowest BCUT2D eigenvalue weighted by molar-refractivity contribution is -0.123. The topological polar surface area (TPSA) is 94.0 Å². The standard InChI is InChI=1S/C18H25FN4O2/c1-11(2)18(4,10-20)22-15(24)7-8-16-21-17(23-25-16)13-5-6-14(19)12(3)9-13/h5-6,9,11H,7-8,10,20H2,1-4H3,(H,22,24). The van der Waals surface area contributed by atoms with E-state index in [2.05, 4.69) is 15.5 Å². The average Bonchev–Trinajstić information content (AvgIpc) is 3.04. The summed E-state index contributed by atoms with van der Waals surface area (Å²) in [6, 6.07) is 4.62. The van der Waals surface area contributed by atoms with Crippen LogP contribution in [-0.4, -0.2) is 28.1 Å². The zero-order valence-corrected chi connectivity index (χ0v) is 15.1. The normalized spacial score (nSPS) is 13.7. The molecule has 1 atom stereocenters. The highest BCUT2D eigenvalue weighted by Gasteiger charge is 2.28. The minimum Gasteiger partial charge on any atom is -0.349 e. The van der Waals surface area contributed by atoms with Crippen molar-refractivity contribution in [2.45, 2.75) is 46.1 Å². The third-order valence-electron chi connectivity index (χ3n) is 4.57. The molecule has 25 heavy (non-hydrogen) atoms. The summed E-state index contributed by atoms with van der Waals surface area (Å²) in [5.74, 6) is 0.577. The van der Waals surface area contributed by atoms with Crippen molar-refractivity contribution in [3.8, 4) is 11.4 Å². The fraction of sp³-hybridized carbons (Fsp3) is 0.500. The molecular weight excluding hydrogens is 323 g/mol. The van der Waals surface area contributed by atoms with Crippen LogP contribution in [0.4, 0.5) is 4.39 Å². The number of hydrogen-bond acceptors (Lipinski definition) is 5. The van der Waals surface area contributed by atoms with Gasteiger partial charge in [-0.3, -0.25) is 4.79 Å². The van der Waals surface area contributed by atoms with Gasteiger partial charge in [0.25, 0.3) is 0 Å². The first-order valence-electron chi connectivity index (χ1n) is 8.35. The smallest absolute Gasteiger partial charge is 0.227 e. The highest BCUT2D eigenvalue weighted by Crippen LogP contribution is 2.20. The van der Waals surface area contributed by atoms with Crippen LogP contribution in [0, 0.1) is 18.7 Å². The summed E-state index contributed by atoms with van der Waals surface area (Å²) in [5.41, 5.74) is 6.52. The van der Waals surface area contributed by atoms with E-state index in [1.807, 2.05) is 20.8 Å². The molecule has 0 aliphatic rings. The fourth-order valence-corrected chi connectivity index (χ4v) is 2.29. The molecule has 2 rings (SSSR count). The number of nitrogens with one attached hydrogen (secondary N) is 1. The molecule has 0 radical (unpaired) electrons. The molecule has 7 heteroatoms. The molecule has 0 aliphatic carbocycles. The first-order valence-corrected chi connectivity index (χ1v) is 8.35. The molecule has 1 amide bonds. The van der Waals surface area contributed by atoms with E-state index in [1.165, 1.54) is 6.07 Å². The van der Waals surface area contributed by atoms with Crippen LogP contribution in [0.15, 0.2) is 22.7 Å². The molecule has 0 fully saturated rings. The second-order valence-electron chi connectivity index (χ2n) is 6.80. The highest BCUT2D eigenvalue weighted by atomic mass is 19.1. The van der Waals surface area contributed by atoms with Crippen molar-refractivity contribution in [3.63, 3.8) is 0 Å². The van der Waals surface area contributed by atoms with E-state index < -0.39 is 5.54 Å². The molecule has 1 aromatic heterocycles. The number of aryl methyl sites for hydroxylation is 2. The molecule has 1 heterocycles. The largest absolute Gasteiger partial charge is 0.349 e. The van der Waals surface area contributed by atoms with Crippen LogP contribution in [0.3, 0.4) is 0 Å². The third-order valence-corrected chi connectivity index (χ3v) is 4.57. The highest BCUT2D eigenvalue weighted by molar-refractivity contribution is 5.77. The van der Waals surface area contributed by atoms with E-state index in [0.29, 0.717) is 35.8 Å². The van der Waals surface area contributed by atoms with Gasteiger partial charge in [0.05, 0.1) is 5.54 Å². The number of carbonyl (C=O) groups excluding carboxylic acids is 1. The van der Waals surface area contributed by atoms with Gasteiger partial charge < -0.3 is 15.6 Å². The Balaban J connectivity index is 1.97. The molecule has 3 N–H and O–H groups in total. The van der Waals surface area contributed by atoms with E-state index in [4.69, 9.17) is 10.3 Å². The van der Waals surface area contributed by atoms with Crippen molar-refractivity contribution in [1.82, 2.24) is 15.5 Å². The lowest BCUT2D eigenvalue weighted by Crippen LogP contribution is -2.55. The number of nitrogens with two attached hydrogens (primary N) is 1. The zero-order chi connectivity index (χ0) is 18.6. The van der Waals surface area contributed by atoms with Gasteiger partial charge in [0.15, 0.2) is 0 Å². The van der Waals surface area contributed by atoms with E-state index in [1.54, 1.807) is 19.1 Å². The number of benzene rings is 1.